The number of nitrogens with zero attached hydrogens (tertiary/aromatic N) is 3. The van der Waals surface area contributed by atoms with E-state index in [1.54, 1.807) is 18.2 Å². The van der Waals surface area contributed by atoms with Gasteiger partial charge in [-0.15, -0.1) is 0 Å². The minimum atomic E-state index is -0.507. The van der Waals surface area contributed by atoms with Crippen molar-refractivity contribution in [2.75, 3.05) is 36.9 Å². The molecule has 8 nitrogen and oxygen atoms in total. The maximum atomic E-state index is 13.6. The van der Waals surface area contributed by atoms with Crippen LogP contribution in [0.3, 0.4) is 0 Å². The molecule has 0 spiro atoms. The first kappa shape index (κ1) is 23.5. The minimum absolute atomic E-state index is 0.00132. The van der Waals surface area contributed by atoms with E-state index >= 15 is 0 Å². The Balaban J connectivity index is 1.44. The Morgan fingerprint density at radius 1 is 1.26 bits per heavy atom. The van der Waals surface area contributed by atoms with Crippen LogP contribution in [0.1, 0.15) is 19.3 Å². The third-order valence-corrected chi connectivity index (χ3v) is 6.19. The van der Waals surface area contributed by atoms with Gasteiger partial charge in [0.05, 0.1) is 22.8 Å². The molecule has 1 atom stereocenters. The molecule has 0 saturated carbocycles. The summed E-state index contributed by atoms with van der Waals surface area (Å²) in [5.74, 6) is 0.167. The number of carbonyl (C=O) groups excluding carboxylic acids is 1. The number of ether oxygens (including phenoxy) is 2. The van der Waals surface area contributed by atoms with E-state index in [2.05, 4.69) is 25.5 Å². The fourth-order valence-corrected chi connectivity index (χ4v) is 4.10. The quantitative estimate of drug-likeness (QED) is 0.429. The number of fused-ring (bicyclic) bond motifs is 1. The van der Waals surface area contributed by atoms with Crippen molar-refractivity contribution in [1.29, 1.82) is 0 Å². The van der Waals surface area contributed by atoms with Gasteiger partial charge in [-0.25, -0.2) is 14.4 Å². The third kappa shape index (κ3) is 5.70. The number of amides is 1. The van der Waals surface area contributed by atoms with Gasteiger partial charge in [0.1, 0.15) is 23.7 Å². The Kier molecular flexibility index (Phi) is 7.08. The Morgan fingerprint density at radius 2 is 2.14 bits per heavy atom. The van der Waals surface area contributed by atoms with E-state index < -0.39 is 5.82 Å². The molecule has 3 aromatic rings. The summed E-state index contributed by atoms with van der Waals surface area (Å²) in [6, 6.07) is 7.83. The summed E-state index contributed by atoms with van der Waals surface area (Å²) in [5.41, 5.74) is 1.65. The SMILES string of the molecule is O=C(/C=C/CN1CCC1)Nc1cc2c(Nc3ccc(F)c(Cl)c3)ncnc2cc1OC1CCCO1. The van der Waals surface area contributed by atoms with Crippen molar-refractivity contribution in [3.05, 3.63) is 59.7 Å². The van der Waals surface area contributed by atoms with Gasteiger partial charge in [0, 0.05) is 36.2 Å². The van der Waals surface area contributed by atoms with Crippen LogP contribution in [0.25, 0.3) is 10.9 Å². The normalized spacial score (nSPS) is 18.1. The highest BCUT2D eigenvalue weighted by Crippen LogP contribution is 2.35. The fourth-order valence-electron chi connectivity index (χ4n) is 3.92. The fraction of sp³-hybridized carbons (Fsp3) is 0.320. The number of carbonyl (C=O) groups is 1. The van der Waals surface area contributed by atoms with Gasteiger partial charge in [-0.1, -0.05) is 17.7 Å². The van der Waals surface area contributed by atoms with Crippen LogP contribution in [0.2, 0.25) is 5.02 Å². The predicted octanol–water partition coefficient (Wildman–Crippen LogP) is 4.88. The van der Waals surface area contributed by atoms with E-state index in [1.807, 2.05) is 6.08 Å². The summed E-state index contributed by atoms with van der Waals surface area (Å²) in [4.78, 5) is 23.6. The van der Waals surface area contributed by atoms with Gasteiger partial charge in [0.2, 0.25) is 5.91 Å². The van der Waals surface area contributed by atoms with Gasteiger partial charge in [0.25, 0.3) is 0 Å². The summed E-state index contributed by atoms with van der Waals surface area (Å²) >= 11 is 5.92. The first-order valence-corrected chi connectivity index (χ1v) is 11.9. The predicted molar refractivity (Wildman–Crippen MR) is 133 cm³/mol. The smallest absolute Gasteiger partial charge is 0.248 e. The van der Waals surface area contributed by atoms with E-state index in [0.717, 1.165) is 32.5 Å². The van der Waals surface area contributed by atoms with Gasteiger partial charge in [-0.3, -0.25) is 9.69 Å². The van der Waals surface area contributed by atoms with Crippen molar-refractivity contribution < 1.29 is 18.7 Å². The molecule has 2 aliphatic heterocycles. The monoisotopic (exact) mass is 497 g/mol. The lowest BCUT2D eigenvalue weighted by Gasteiger charge is -2.29. The molecule has 2 fully saturated rings. The van der Waals surface area contributed by atoms with Crippen molar-refractivity contribution in [3.8, 4) is 5.75 Å². The number of likely N-dealkylation sites (tertiary alicyclic amines) is 1. The van der Waals surface area contributed by atoms with E-state index in [-0.39, 0.29) is 17.2 Å². The maximum absolute atomic E-state index is 13.6. The highest BCUT2D eigenvalue weighted by atomic mass is 35.5. The van der Waals surface area contributed by atoms with E-state index in [9.17, 15) is 9.18 Å². The van der Waals surface area contributed by atoms with Crippen LogP contribution < -0.4 is 15.4 Å². The zero-order chi connectivity index (χ0) is 24.2. The zero-order valence-corrected chi connectivity index (χ0v) is 19.7. The first-order valence-electron chi connectivity index (χ1n) is 11.5. The molecule has 1 amide bonds. The van der Waals surface area contributed by atoms with Crippen LogP contribution in [-0.4, -0.2) is 53.3 Å². The Bertz CT molecular complexity index is 1260. The number of nitrogens with one attached hydrogen (secondary N) is 2. The molecule has 0 bridgehead atoms. The van der Waals surface area contributed by atoms with Crippen LogP contribution in [0, 0.1) is 5.82 Å². The number of benzene rings is 2. The van der Waals surface area contributed by atoms with Crippen LogP contribution in [0.4, 0.5) is 21.6 Å². The molecule has 2 saturated heterocycles. The summed E-state index contributed by atoms with van der Waals surface area (Å²) < 4.78 is 25.3. The van der Waals surface area contributed by atoms with Crippen molar-refractivity contribution >= 4 is 45.6 Å². The zero-order valence-electron chi connectivity index (χ0n) is 19.0. The number of halogens is 2. The van der Waals surface area contributed by atoms with Gasteiger partial charge in [-0.2, -0.15) is 0 Å². The molecule has 2 aliphatic rings. The molecule has 2 aromatic carbocycles. The highest BCUT2D eigenvalue weighted by Gasteiger charge is 2.21. The molecule has 182 valence electrons. The van der Waals surface area contributed by atoms with Gasteiger partial charge in [-0.05, 0) is 50.2 Å². The van der Waals surface area contributed by atoms with E-state index in [0.29, 0.717) is 40.5 Å². The van der Waals surface area contributed by atoms with Crippen molar-refractivity contribution in [2.45, 2.75) is 25.6 Å². The summed E-state index contributed by atoms with van der Waals surface area (Å²) in [6.07, 6.45) is 7.29. The second kappa shape index (κ2) is 10.6. The number of anilines is 3. The molecule has 35 heavy (non-hydrogen) atoms. The molecule has 3 heterocycles. The Hall–Kier alpha value is -3.27. The third-order valence-electron chi connectivity index (χ3n) is 5.90. The average molecular weight is 498 g/mol. The first-order chi connectivity index (χ1) is 17.0. The number of hydrogen-bond acceptors (Lipinski definition) is 7. The van der Waals surface area contributed by atoms with Crippen molar-refractivity contribution in [3.63, 3.8) is 0 Å². The molecule has 0 aliphatic carbocycles. The maximum Gasteiger partial charge on any atom is 0.248 e. The second-order valence-corrected chi connectivity index (χ2v) is 8.86. The van der Waals surface area contributed by atoms with E-state index in [4.69, 9.17) is 21.1 Å². The van der Waals surface area contributed by atoms with Crippen molar-refractivity contribution in [1.82, 2.24) is 14.9 Å². The number of rotatable bonds is 8. The number of aromatic nitrogens is 2. The Morgan fingerprint density at radius 3 is 2.89 bits per heavy atom. The second-order valence-electron chi connectivity index (χ2n) is 8.45. The van der Waals surface area contributed by atoms with Crippen LogP contribution in [0.5, 0.6) is 5.75 Å². The molecular weight excluding hydrogens is 473 g/mol. The molecule has 0 radical (unpaired) electrons. The Labute approximate surface area is 207 Å². The summed E-state index contributed by atoms with van der Waals surface area (Å²) in [6.45, 7) is 3.50. The highest BCUT2D eigenvalue weighted by molar-refractivity contribution is 6.31. The van der Waals surface area contributed by atoms with Crippen LogP contribution in [0.15, 0.2) is 48.8 Å². The lowest BCUT2D eigenvalue weighted by atomic mass is 10.1. The van der Waals surface area contributed by atoms with Crippen molar-refractivity contribution in [2.24, 2.45) is 0 Å². The standard InChI is InChI=1S/C25H25ClFN5O3/c26-18-12-16(6-7-19(18)27)30-25-17-13-21(31-23(33)4-1-8-32-9-3-10-32)22(14-20(17)28-15-29-25)35-24-5-2-11-34-24/h1,4,6-7,12-15,24H,2-3,5,8-11H2,(H,31,33)(H,28,29,30)/b4-1+. The topological polar surface area (TPSA) is 88.6 Å². The molecule has 2 N–H and O–H groups in total. The summed E-state index contributed by atoms with van der Waals surface area (Å²) in [7, 11) is 0. The van der Waals surface area contributed by atoms with Crippen LogP contribution >= 0.6 is 11.6 Å². The van der Waals surface area contributed by atoms with Crippen LogP contribution in [-0.2, 0) is 9.53 Å². The average Bonchev–Trinajstić information content (AvgIpc) is 3.32. The largest absolute Gasteiger partial charge is 0.463 e. The summed E-state index contributed by atoms with van der Waals surface area (Å²) in [5, 5.41) is 6.71. The lowest BCUT2D eigenvalue weighted by molar-refractivity contribution is -0.112. The molecule has 5 rings (SSSR count). The molecule has 10 heteroatoms. The van der Waals surface area contributed by atoms with Gasteiger partial charge >= 0.3 is 0 Å². The van der Waals surface area contributed by atoms with E-state index in [1.165, 1.54) is 31.0 Å². The molecule has 1 unspecified atom stereocenters. The van der Waals surface area contributed by atoms with Gasteiger partial charge < -0.3 is 20.1 Å². The van der Waals surface area contributed by atoms with Gasteiger partial charge in [0.15, 0.2) is 6.29 Å². The number of hydrogen-bond donors (Lipinski definition) is 2. The molecular formula is C25H25ClFN5O3. The lowest BCUT2D eigenvalue weighted by Crippen LogP contribution is -2.37. The molecule has 1 aromatic heterocycles. The minimum Gasteiger partial charge on any atom is -0.463 e.